The molecular formula is C29H37NO8. The molecule has 1 aliphatic rings. The molecule has 0 N–H and O–H groups in total. The highest BCUT2D eigenvalue weighted by molar-refractivity contribution is 5.81. The van der Waals surface area contributed by atoms with Crippen LogP contribution in [0.5, 0.6) is 0 Å². The van der Waals surface area contributed by atoms with Crippen LogP contribution in [0.15, 0.2) is 61.2 Å². The van der Waals surface area contributed by atoms with E-state index in [4.69, 9.17) is 28.4 Å². The molecule has 1 aliphatic carbocycles. The normalized spacial score (nSPS) is 12.0. The molecule has 1 amide bonds. The third kappa shape index (κ3) is 9.25. The van der Waals surface area contributed by atoms with Gasteiger partial charge in [-0.2, -0.15) is 0 Å². The van der Waals surface area contributed by atoms with Crippen molar-refractivity contribution in [2.45, 2.75) is 5.92 Å². The maximum Gasteiger partial charge on any atom is 0.409 e. The topological polar surface area (TPSA) is 92.8 Å². The van der Waals surface area contributed by atoms with Crippen LogP contribution in [0.4, 0.5) is 4.79 Å². The van der Waals surface area contributed by atoms with Gasteiger partial charge in [-0.25, -0.2) is 9.59 Å². The molecule has 0 aromatic heterocycles. The van der Waals surface area contributed by atoms with Gasteiger partial charge in [0, 0.05) is 25.6 Å². The van der Waals surface area contributed by atoms with Crippen molar-refractivity contribution in [3.05, 3.63) is 72.3 Å². The third-order valence-corrected chi connectivity index (χ3v) is 5.97. The summed E-state index contributed by atoms with van der Waals surface area (Å²) in [6.45, 7) is 7.50. The van der Waals surface area contributed by atoms with E-state index < -0.39 is 5.97 Å². The lowest BCUT2D eigenvalue weighted by Crippen LogP contribution is -2.32. The maximum atomic E-state index is 12.5. The monoisotopic (exact) mass is 527 g/mol. The molecule has 2 aromatic rings. The Morgan fingerprint density at radius 2 is 1.21 bits per heavy atom. The first-order valence-electron chi connectivity index (χ1n) is 12.8. The van der Waals surface area contributed by atoms with E-state index in [1.54, 1.807) is 7.05 Å². The smallest absolute Gasteiger partial charge is 0.409 e. The van der Waals surface area contributed by atoms with E-state index in [-0.39, 0.29) is 18.6 Å². The van der Waals surface area contributed by atoms with Crippen LogP contribution < -0.4 is 0 Å². The summed E-state index contributed by atoms with van der Waals surface area (Å²) < 4.78 is 32.1. The Balaban J connectivity index is 1.17. The zero-order chi connectivity index (χ0) is 27.0. The number of rotatable bonds is 18. The van der Waals surface area contributed by atoms with Gasteiger partial charge in [-0.3, -0.25) is 0 Å². The van der Waals surface area contributed by atoms with E-state index in [9.17, 15) is 9.59 Å². The minimum Gasteiger partial charge on any atom is -0.460 e. The Morgan fingerprint density at radius 3 is 1.74 bits per heavy atom. The van der Waals surface area contributed by atoms with Gasteiger partial charge >= 0.3 is 12.1 Å². The van der Waals surface area contributed by atoms with E-state index in [0.717, 1.165) is 6.08 Å². The highest BCUT2D eigenvalue weighted by atomic mass is 16.6. The molecule has 0 radical (unpaired) electrons. The van der Waals surface area contributed by atoms with Crippen molar-refractivity contribution in [3.8, 4) is 11.1 Å². The molecule has 0 aliphatic heterocycles. The van der Waals surface area contributed by atoms with Crippen LogP contribution in [0.3, 0.4) is 0 Å². The molecule has 0 fully saturated rings. The zero-order valence-electron chi connectivity index (χ0n) is 22.0. The largest absolute Gasteiger partial charge is 0.460 e. The second kappa shape index (κ2) is 16.6. The maximum absolute atomic E-state index is 12.5. The second-order valence-corrected chi connectivity index (χ2v) is 8.55. The first-order chi connectivity index (χ1) is 18.6. The molecule has 0 atom stereocenters. The SMILES string of the molecule is C=CC(=O)OCCOCCOCCOCCOCCN(C)C(=O)OCC1c2ccccc2-c2ccccc21. The molecule has 2 aromatic carbocycles. The summed E-state index contributed by atoms with van der Waals surface area (Å²) in [5.41, 5.74) is 4.79. The number of ether oxygens (including phenoxy) is 6. The molecule has 0 heterocycles. The van der Waals surface area contributed by atoms with E-state index in [1.165, 1.54) is 27.2 Å². The van der Waals surface area contributed by atoms with Gasteiger partial charge in [0.25, 0.3) is 0 Å². The van der Waals surface area contributed by atoms with Crippen molar-refractivity contribution in [1.29, 1.82) is 0 Å². The van der Waals surface area contributed by atoms with Gasteiger partial charge in [0.1, 0.15) is 13.2 Å². The van der Waals surface area contributed by atoms with Crippen molar-refractivity contribution >= 4 is 12.1 Å². The number of carbonyl (C=O) groups excluding carboxylic acids is 2. The Labute approximate surface area is 224 Å². The Hall–Kier alpha value is -3.24. The predicted molar refractivity (Wildman–Crippen MR) is 142 cm³/mol. The molecule has 0 saturated carbocycles. The quantitative estimate of drug-likeness (QED) is 0.165. The lowest BCUT2D eigenvalue weighted by Gasteiger charge is -2.19. The Kier molecular flexibility index (Phi) is 12.8. The molecular weight excluding hydrogens is 490 g/mol. The summed E-state index contributed by atoms with van der Waals surface area (Å²) in [6.07, 6.45) is 0.741. The fourth-order valence-corrected chi connectivity index (χ4v) is 4.02. The van der Waals surface area contributed by atoms with Gasteiger partial charge in [-0.15, -0.1) is 0 Å². The Bertz CT molecular complexity index is 982. The number of hydrogen-bond donors (Lipinski definition) is 0. The molecule has 0 bridgehead atoms. The molecule has 9 nitrogen and oxygen atoms in total. The van der Waals surface area contributed by atoms with Crippen molar-refractivity contribution in [1.82, 2.24) is 4.90 Å². The predicted octanol–water partition coefficient (Wildman–Crippen LogP) is 3.66. The number of likely N-dealkylation sites (N-methyl/N-ethyl adjacent to an activating group) is 1. The lowest BCUT2D eigenvalue weighted by atomic mass is 9.98. The summed E-state index contributed by atoms with van der Waals surface area (Å²) in [5.74, 6) is -0.424. The number of carbonyl (C=O) groups is 2. The van der Waals surface area contributed by atoms with Crippen molar-refractivity contribution in [2.24, 2.45) is 0 Å². The van der Waals surface area contributed by atoms with Crippen LogP contribution in [0, 0.1) is 0 Å². The summed E-state index contributed by atoms with van der Waals surface area (Å²) in [6, 6.07) is 16.5. The number of benzene rings is 2. The number of amides is 1. The van der Waals surface area contributed by atoms with E-state index in [1.807, 2.05) is 24.3 Å². The van der Waals surface area contributed by atoms with Gasteiger partial charge in [-0.05, 0) is 22.3 Å². The minimum absolute atomic E-state index is 0.0404. The van der Waals surface area contributed by atoms with Gasteiger partial charge in [0.2, 0.25) is 0 Å². The van der Waals surface area contributed by atoms with Crippen molar-refractivity contribution < 1.29 is 38.0 Å². The highest BCUT2D eigenvalue weighted by Gasteiger charge is 2.29. The summed E-state index contributed by atoms with van der Waals surface area (Å²) in [4.78, 5) is 24.9. The summed E-state index contributed by atoms with van der Waals surface area (Å²) >= 11 is 0. The Morgan fingerprint density at radius 1 is 0.737 bits per heavy atom. The lowest BCUT2D eigenvalue weighted by molar-refractivity contribution is -0.139. The molecule has 3 rings (SSSR count). The van der Waals surface area contributed by atoms with Gasteiger partial charge in [0.05, 0.1) is 52.9 Å². The standard InChI is InChI=1S/C29H37NO8/c1-3-28(31)37-21-20-36-19-18-35-17-16-34-15-14-33-13-12-30(2)29(32)38-22-27-25-10-6-4-8-23(25)24-9-5-7-11-26(24)27/h3-11,27H,1,12-22H2,2H3. The number of fused-ring (bicyclic) bond motifs is 3. The minimum atomic E-state index is -0.464. The second-order valence-electron chi connectivity index (χ2n) is 8.55. The molecule has 0 saturated heterocycles. The molecule has 0 unspecified atom stereocenters. The average molecular weight is 528 g/mol. The first kappa shape index (κ1) is 29.3. The van der Waals surface area contributed by atoms with Crippen LogP contribution in [-0.4, -0.2) is 96.6 Å². The third-order valence-electron chi connectivity index (χ3n) is 5.97. The van der Waals surface area contributed by atoms with E-state index >= 15 is 0 Å². The zero-order valence-corrected chi connectivity index (χ0v) is 22.0. The van der Waals surface area contributed by atoms with Gasteiger partial charge in [0.15, 0.2) is 0 Å². The summed E-state index contributed by atoms with van der Waals surface area (Å²) in [5, 5.41) is 0. The first-order valence-corrected chi connectivity index (χ1v) is 12.8. The van der Waals surface area contributed by atoms with E-state index in [2.05, 4.69) is 30.8 Å². The molecule has 0 spiro atoms. The average Bonchev–Trinajstić information content (AvgIpc) is 3.27. The summed E-state index contributed by atoms with van der Waals surface area (Å²) in [7, 11) is 1.70. The van der Waals surface area contributed by atoms with Crippen molar-refractivity contribution in [3.63, 3.8) is 0 Å². The number of nitrogens with zero attached hydrogens (tertiary/aromatic N) is 1. The fraction of sp³-hybridized carbons (Fsp3) is 0.448. The molecule has 206 valence electrons. The van der Waals surface area contributed by atoms with Gasteiger partial charge in [-0.1, -0.05) is 55.1 Å². The van der Waals surface area contributed by atoms with Crippen LogP contribution in [0.2, 0.25) is 0 Å². The van der Waals surface area contributed by atoms with Gasteiger partial charge < -0.3 is 33.3 Å². The van der Waals surface area contributed by atoms with E-state index in [0.29, 0.717) is 66.0 Å². The molecule has 38 heavy (non-hydrogen) atoms. The number of esters is 1. The van der Waals surface area contributed by atoms with Crippen LogP contribution in [0.25, 0.3) is 11.1 Å². The highest BCUT2D eigenvalue weighted by Crippen LogP contribution is 2.44. The van der Waals surface area contributed by atoms with Crippen molar-refractivity contribution in [2.75, 3.05) is 79.7 Å². The van der Waals surface area contributed by atoms with Crippen LogP contribution in [0.1, 0.15) is 17.0 Å². The number of hydrogen-bond acceptors (Lipinski definition) is 8. The fourth-order valence-electron chi connectivity index (χ4n) is 4.02. The van der Waals surface area contributed by atoms with Crippen LogP contribution >= 0.6 is 0 Å². The van der Waals surface area contributed by atoms with Crippen LogP contribution in [-0.2, 0) is 33.2 Å². The molecule has 9 heteroatoms.